The Labute approximate surface area is 167 Å². The maximum Gasteiger partial charge on any atom is 0.166 e. The van der Waals surface area contributed by atoms with Gasteiger partial charge in [-0.25, -0.2) is 4.39 Å². The molecule has 150 valence electrons. The highest BCUT2D eigenvalue weighted by Crippen LogP contribution is 2.26. The number of rotatable bonds is 7. The first-order valence-electron chi connectivity index (χ1n) is 10.1. The van der Waals surface area contributed by atoms with E-state index in [9.17, 15) is 9.18 Å². The molecule has 0 N–H and O–H groups in total. The van der Waals surface area contributed by atoms with Crippen LogP contribution in [0.3, 0.4) is 0 Å². The first-order chi connectivity index (χ1) is 13.5. The third kappa shape index (κ3) is 5.06. The first-order valence-corrected chi connectivity index (χ1v) is 10.1. The van der Waals surface area contributed by atoms with Crippen LogP contribution in [0.4, 0.5) is 4.39 Å². The molecule has 0 bridgehead atoms. The topological polar surface area (TPSA) is 29.5 Å². The smallest absolute Gasteiger partial charge is 0.166 e. The second-order valence-corrected chi connectivity index (χ2v) is 7.99. The number of ether oxygens (including phenoxy) is 1. The van der Waals surface area contributed by atoms with Crippen molar-refractivity contribution in [1.82, 2.24) is 4.90 Å². The van der Waals surface area contributed by atoms with Crippen LogP contribution in [0.1, 0.15) is 60.2 Å². The van der Waals surface area contributed by atoms with E-state index < -0.39 is 0 Å². The molecule has 4 heteroatoms. The van der Waals surface area contributed by atoms with Gasteiger partial charge in [-0.05, 0) is 67.2 Å². The Kier molecular flexibility index (Phi) is 6.97. The molecule has 1 atom stereocenters. The first kappa shape index (κ1) is 20.7. The average molecular weight is 384 g/mol. The summed E-state index contributed by atoms with van der Waals surface area (Å²) in [6, 6.07) is 14.6. The number of nitrogens with zero attached hydrogens (tertiary/aromatic N) is 1. The Bertz CT molecular complexity index is 762. The van der Waals surface area contributed by atoms with Gasteiger partial charge in [0.15, 0.2) is 5.78 Å². The number of benzene rings is 2. The highest BCUT2D eigenvalue weighted by molar-refractivity contribution is 5.97. The normalized spacial score (nSPS) is 17.0. The SMILES string of the molecule is CO[C@@H](CN1CCC(C(=O)c2ccc(F)cc2)CC1)c1ccc(C(C)C)cc1. The van der Waals surface area contributed by atoms with Gasteiger partial charge in [0, 0.05) is 25.1 Å². The summed E-state index contributed by atoms with van der Waals surface area (Å²) in [4.78, 5) is 15.0. The Morgan fingerprint density at radius 1 is 1.04 bits per heavy atom. The lowest BCUT2D eigenvalue weighted by atomic mass is 9.88. The van der Waals surface area contributed by atoms with E-state index in [0.717, 1.165) is 32.5 Å². The van der Waals surface area contributed by atoms with Gasteiger partial charge in [0.05, 0.1) is 6.10 Å². The van der Waals surface area contributed by atoms with Gasteiger partial charge in [0.2, 0.25) is 0 Å². The number of piperidine rings is 1. The summed E-state index contributed by atoms with van der Waals surface area (Å²) in [7, 11) is 1.76. The molecule has 0 amide bonds. The minimum Gasteiger partial charge on any atom is -0.375 e. The number of methoxy groups -OCH3 is 1. The number of carbonyl (C=O) groups excluding carboxylic acids is 1. The number of likely N-dealkylation sites (tertiary alicyclic amines) is 1. The zero-order valence-electron chi connectivity index (χ0n) is 17.0. The molecule has 0 aromatic heterocycles. The molecule has 0 unspecified atom stereocenters. The molecule has 1 saturated heterocycles. The van der Waals surface area contributed by atoms with Crippen LogP contribution in [0.15, 0.2) is 48.5 Å². The van der Waals surface area contributed by atoms with Gasteiger partial charge in [0.1, 0.15) is 5.82 Å². The van der Waals surface area contributed by atoms with Crippen LogP contribution in [0, 0.1) is 11.7 Å². The molecule has 1 aliphatic heterocycles. The largest absolute Gasteiger partial charge is 0.375 e. The molecule has 2 aromatic rings. The van der Waals surface area contributed by atoms with Crippen molar-refractivity contribution in [3.63, 3.8) is 0 Å². The van der Waals surface area contributed by atoms with Crippen molar-refractivity contribution >= 4 is 5.78 Å². The highest BCUT2D eigenvalue weighted by Gasteiger charge is 2.27. The van der Waals surface area contributed by atoms with Crippen molar-refractivity contribution in [3.8, 4) is 0 Å². The van der Waals surface area contributed by atoms with Gasteiger partial charge < -0.3 is 9.64 Å². The van der Waals surface area contributed by atoms with Crippen molar-refractivity contribution in [1.29, 1.82) is 0 Å². The number of ketones is 1. The molecule has 28 heavy (non-hydrogen) atoms. The fourth-order valence-electron chi connectivity index (χ4n) is 3.87. The summed E-state index contributed by atoms with van der Waals surface area (Å²) < 4.78 is 18.8. The Morgan fingerprint density at radius 2 is 1.61 bits per heavy atom. The lowest BCUT2D eigenvalue weighted by molar-refractivity contribution is 0.0485. The summed E-state index contributed by atoms with van der Waals surface area (Å²) in [5.74, 6) is 0.367. The van der Waals surface area contributed by atoms with Crippen molar-refractivity contribution in [2.24, 2.45) is 5.92 Å². The van der Waals surface area contributed by atoms with E-state index in [1.165, 1.54) is 23.3 Å². The van der Waals surface area contributed by atoms with Gasteiger partial charge in [-0.3, -0.25) is 4.79 Å². The van der Waals surface area contributed by atoms with Gasteiger partial charge in [0.25, 0.3) is 0 Å². The van der Waals surface area contributed by atoms with Gasteiger partial charge in [-0.1, -0.05) is 38.1 Å². The van der Waals surface area contributed by atoms with E-state index in [-0.39, 0.29) is 23.6 Å². The number of halogens is 1. The third-order valence-electron chi connectivity index (χ3n) is 5.77. The number of carbonyl (C=O) groups is 1. The number of hydrogen-bond donors (Lipinski definition) is 0. The second kappa shape index (κ2) is 9.44. The molecular weight excluding hydrogens is 353 g/mol. The molecule has 1 heterocycles. The lowest BCUT2D eigenvalue weighted by Crippen LogP contribution is -2.39. The molecule has 0 radical (unpaired) electrons. The Morgan fingerprint density at radius 3 is 2.14 bits per heavy atom. The fraction of sp³-hybridized carbons (Fsp3) is 0.458. The average Bonchev–Trinajstić information content (AvgIpc) is 2.72. The zero-order chi connectivity index (χ0) is 20.1. The van der Waals surface area contributed by atoms with Crippen molar-refractivity contribution < 1.29 is 13.9 Å². The molecule has 1 fully saturated rings. The maximum absolute atomic E-state index is 13.1. The van der Waals surface area contributed by atoms with Crippen LogP contribution in [0.25, 0.3) is 0 Å². The minimum atomic E-state index is -0.307. The third-order valence-corrected chi connectivity index (χ3v) is 5.77. The van der Waals surface area contributed by atoms with Crippen molar-refractivity contribution in [2.45, 2.75) is 38.7 Å². The van der Waals surface area contributed by atoms with E-state index >= 15 is 0 Å². The van der Waals surface area contributed by atoms with Gasteiger partial charge >= 0.3 is 0 Å². The maximum atomic E-state index is 13.1. The van der Waals surface area contributed by atoms with Crippen LogP contribution in [0.5, 0.6) is 0 Å². The van der Waals surface area contributed by atoms with Gasteiger partial charge in [-0.2, -0.15) is 0 Å². The monoisotopic (exact) mass is 383 g/mol. The summed E-state index contributed by atoms with van der Waals surface area (Å²) in [5.41, 5.74) is 3.13. The van der Waals surface area contributed by atoms with Crippen LogP contribution in [-0.4, -0.2) is 37.4 Å². The predicted octanol–water partition coefficient (Wildman–Crippen LogP) is 5.23. The molecule has 3 nitrogen and oxygen atoms in total. The summed E-state index contributed by atoms with van der Waals surface area (Å²) in [5, 5.41) is 0. The Balaban J connectivity index is 1.55. The van der Waals surface area contributed by atoms with Crippen molar-refractivity contribution in [2.75, 3.05) is 26.7 Å². The standard InChI is InChI=1S/C24H30FNO2/c1-17(2)18-4-6-19(7-5-18)23(28-3)16-26-14-12-21(13-15-26)24(27)20-8-10-22(25)11-9-20/h4-11,17,21,23H,12-16H2,1-3H3/t23-/m0/s1. The molecule has 2 aromatic carbocycles. The van der Waals surface area contributed by atoms with Crippen molar-refractivity contribution in [3.05, 3.63) is 71.0 Å². The predicted molar refractivity (Wildman–Crippen MR) is 110 cm³/mol. The molecule has 0 aliphatic carbocycles. The zero-order valence-corrected chi connectivity index (χ0v) is 17.0. The van der Waals surface area contributed by atoms with E-state index in [0.29, 0.717) is 11.5 Å². The molecule has 1 aliphatic rings. The van der Waals surface area contributed by atoms with Crippen LogP contribution < -0.4 is 0 Å². The van der Waals surface area contributed by atoms with E-state index in [1.807, 2.05) is 0 Å². The van der Waals surface area contributed by atoms with E-state index in [4.69, 9.17) is 4.74 Å². The minimum absolute atomic E-state index is 0.0213. The summed E-state index contributed by atoms with van der Waals surface area (Å²) >= 11 is 0. The molecule has 0 spiro atoms. The van der Waals surface area contributed by atoms with E-state index in [2.05, 4.69) is 43.0 Å². The van der Waals surface area contributed by atoms with E-state index in [1.54, 1.807) is 19.2 Å². The fourth-order valence-corrected chi connectivity index (χ4v) is 3.87. The van der Waals surface area contributed by atoms with Gasteiger partial charge in [-0.15, -0.1) is 0 Å². The number of Topliss-reactive ketones (excluding diaryl/α,β-unsaturated/α-hetero) is 1. The summed E-state index contributed by atoms with van der Waals surface area (Å²) in [6.45, 7) is 6.97. The lowest BCUT2D eigenvalue weighted by Gasteiger charge is -2.33. The molecular formula is C24H30FNO2. The molecule has 3 rings (SSSR count). The number of hydrogen-bond acceptors (Lipinski definition) is 3. The molecule has 0 saturated carbocycles. The van der Waals surface area contributed by atoms with Crippen LogP contribution in [0.2, 0.25) is 0 Å². The second-order valence-electron chi connectivity index (χ2n) is 7.99. The summed E-state index contributed by atoms with van der Waals surface area (Å²) in [6.07, 6.45) is 1.70. The Hall–Kier alpha value is -2.04. The highest BCUT2D eigenvalue weighted by atomic mass is 19.1. The quantitative estimate of drug-likeness (QED) is 0.613. The van der Waals surface area contributed by atoms with Crippen LogP contribution >= 0.6 is 0 Å². The van der Waals surface area contributed by atoms with Crippen LogP contribution in [-0.2, 0) is 4.74 Å².